The number of nitrogen functional groups attached to an aromatic ring is 1. The predicted octanol–water partition coefficient (Wildman–Crippen LogP) is 4.61. The number of hydrogen-bond acceptors (Lipinski definition) is 3. The van der Waals surface area contributed by atoms with Crippen LogP contribution in [0.3, 0.4) is 0 Å². The zero-order valence-electron chi connectivity index (χ0n) is 11.7. The van der Waals surface area contributed by atoms with Gasteiger partial charge in [-0.2, -0.15) is 13.2 Å². The van der Waals surface area contributed by atoms with Crippen molar-refractivity contribution in [3.8, 4) is 11.5 Å². The van der Waals surface area contributed by atoms with Gasteiger partial charge in [0.1, 0.15) is 17.9 Å². The average Bonchev–Trinajstić information content (AvgIpc) is 2.42. The Labute approximate surface area is 135 Å². The first-order chi connectivity index (χ1) is 10.7. The van der Waals surface area contributed by atoms with Crippen molar-refractivity contribution in [1.29, 1.82) is 0 Å². The molecular weight excluding hydrogens is 333 g/mol. The molecule has 2 aromatic carbocycles. The molecule has 4 nitrogen and oxygen atoms in total. The van der Waals surface area contributed by atoms with Gasteiger partial charge >= 0.3 is 6.18 Å². The van der Waals surface area contributed by atoms with Crippen molar-refractivity contribution in [3.05, 3.63) is 47.5 Å². The highest BCUT2D eigenvalue weighted by atomic mass is 35.5. The van der Waals surface area contributed by atoms with Crippen LogP contribution in [-0.4, -0.2) is 12.1 Å². The van der Waals surface area contributed by atoms with Gasteiger partial charge in [-0.05, 0) is 42.5 Å². The van der Waals surface area contributed by atoms with Gasteiger partial charge in [-0.15, -0.1) is 0 Å². The van der Waals surface area contributed by atoms with Crippen LogP contribution in [-0.2, 0) is 4.79 Å². The van der Waals surface area contributed by atoms with Crippen molar-refractivity contribution in [1.82, 2.24) is 0 Å². The molecule has 0 fully saturated rings. The molecule has 8 heteroatoms. The van der Waals surface area contributed by atoms with Crippen LogP contribution < -0.4 is 15.8 Å². The first-order valence-corrected chi connectivity index (χ1v) is 6.80. The maximum atomic E-state index is 12.1. The van der Waals surface area contributed by atoms with E-state index in [0.717, 1.165) is 0 Å². The molecule has 0 heterocycles. The molecule has 0 aliphatic heterocycles. The third-order valence-electron chi connectivity index (χ3n) is 2.70. The molecule has 23 heavy (non-hydrogen) atoms. The molecule has 0 bridgehead atoms. The van der Waals surface area contributed by atoms with E-state index in [9.17, 15) is 18.0 Å². The highest BCUT2D eigenvalue weighted by Crippen LogP contribution is 2.30. The van der Waals surface area contributed by atoms with E-state index >= 15 is 0 Å². The number of carbonyl (C=O) groups is 1. The number of amides is 1. The number of ether oxygens (including phenoxy) is 1. The van der Waals surface area contributed by atoms with Crippen molar-refractivity contribution >= 4 is 28.9 Å². The predicted molar refractivity (Wildman–Crippen MR) is 81.7 cm³/mol. The van der Waals surface area contributed by atoms with Crippen molar-refractivity contribution in [2.75, 3.05) is 11.1 Å². The molecule has 0 aliphatic rings. The second kappa shape index (κ2) is 6.78. The van der Waals surface area contributed by atoms with E-state index < -0.39 is 18.5 Å². The third kappa shape index (κ3) is 5.37. The number of halogens is 4. The second-order valence-electron chi connectivity index (χ2n) is 4.65. The van der Waals surface area contributed by atoms with Gasteiger partial charge in [0.05, 0.1) is 5.69 Å². The van der Waals surface area contributed by atoms with Gasteiger partial charge in [0.2, 0.25) is 5.91 Å². The fourth-order valence-corrected chi connectivity index (χ4v) is 1.86. The summed E-state index contributed by atoms with van der Waals surface area (Å²) < 4.78 is 41.9. The van der Waals surface area contributed by atoms with Gasteiger partial charge in [0.15, 0.2) is 0 Å². The molecule has 0 unspecified atom stereocenters. The van der Waals surface area contributed by atoms with Gasteiger partial charge in [-0.1, -0.05) is 11.6 Å². The van der Waals surface area contributed by atoms with Gasteiger partial charge in [-0.25, -0.2) is 0 Å². The van der Waals surface area contributed by atoms with E-state index in [1.165, 1.54) is 18.2 Å². The number of hydrogen-bond donors (Lipinski definition) is 2. The van der Waals surface area contributed by atoms with Crippen LogP contribution in [0.4, 0.5) is 24.5 Å². The second-order valence-corrected chi connectivity index (χ2v) is 5.09. The van der Waals surface area contributed by atoms with Crippen LogP contribution >= 0.6 is 11.6 Å². The number of benzene rings is 2. The van der Waals surface area contributed by atoms with E-state index in [0.29, 0.717) is 16.5 Å². The molecule has 0 aliphatic carbocycles. The van der Waals surface area contributed by atoms with E-state index in [2.05, 4.69) is 5.32 Å². The SMILES string of the molecule is Nc1cc(NC(=O)CC(F)(F)F)ccc1Oc1ccc(Cl)cc1. The lowest BCUT2D eigenvalue weighted by atomic mass is 10.2. The smallest absolute Gasteiger partial charge is 0.397 e. The molecule has 0 saturated heterocycles. The molecule has 3 N–H and O–H groups in total. The fraction of sp³-hybridized carbons (Fsp3) is 0.133. The molecule has 0 spiro atoms. The first-order valence-electron chi connectivity index (χ1n) is 6.42. The average molecular weight is 345 g/mol. The summed E-state index contributed by atoms with van der Waals surface area (Å²) in [6.45, 7) is 0. The third-order valence-corrected chi connectivity index (χ3v) is 2.95. The lowest BCUT2D eigenvalue weighted by Crippen LogP contribution is -2.21. The topological polar surface area (TPSA) is 64.3 Å². The maximum absolute atomic E-state index is 12.1. The van der Waals surface area contributed by atoms with E-state index in [1.807, 2.05) is 0 Å². The molecule has 122 valence electrons. The molecule has 0 aromatic heterocycles. The molecule has 0 atom stereocenters. The van der Waals surface area contributed by atoms with Crippen molar-refractivity contribution in [2.24, 2.45) is 0 Å². The molecular formula is C15H12ClF3N2O2. The van der Waals surface area contributed by atoms with Crippen molar-refractivity contribution in [2.45, 2.75) is 12.6 Å². The van der Waals surface area contributed by atoms with E-state index in [1.54, 1.807) is 24.3 Å². The van der Waals surface area contributed by atoms with Gasteiger partial charge in [0, 0.05) is 10.7 Å². The summed E-state index contributed by atoms with van der Waals surface area (Å²) in [4.78, 5) is 11.2. The van der Waals surface area contributed by atoms with Crippen LogP contribution in [0.5, 0.6) is 11.5 Å². The Bertz CT molecular complexity index is 703. The van der Waals surface area contributed by atoms with Crippen LogP contribution in [0.1, 0.15) is 6.42 Å². The maximum Gasteiger partial charge on any atom is 0.397 e. The minimum Gasteiger partial charge on any atom is -0.455 e. The summed E-state index contributed by atoms with van der Waals surface area (Å²) in [6.07, 6.45) is -6.12. The Morgan fingerprint density at radius 3 is 2.39 bits per heavy atom. The number of anilines is 2. The zero-order valence-corrected chi connectivity index (χ0v) is 12.4. The first kappa shape index (κ1) is 17.0. The molecule has 1 amide bonds. The lowest BCUT2D eigenvalue weighted by molar-refractivity contribution is -0.150. The van der Waals surface area contributed by atoms with Gasteiger partial charge < -0.3 is 15.8 Å². The highest BCUT2D eigenvalue weighted by molar-refractivity contribution is 6.30. The molecule has 0 saturated carbocycles. The van der Waals surface area contributed by atoms with Gasteiger partial charge in [-0.3, -0.25) is 4.79 Å². The Hall–Kier alpha value is -2.41. The number of nitrogens with one attached hydrogen (secondary N) is 1. The molecule has 2 rings (SSSR count). The summed E-state index contributed by atoms with van der Waals surface area (Å²) in [5.74, 6) is -0.362. The summed E-state index contributed by atoms with van der Waals surface area (Å²) in [5.41, 5.74) is 6.10. The Morgan fingerprint density at radius 2 is 1.83 bits per heavy atom. The number of carbonyl (C=O) groups excluding carboxylic acids is 1. The normalized spacial score (nSPS) is 11.1. The van der Waals surface area contributed by atoms with Crippen LogP contribution in [0.15, 0.2) is 42.5 Å². The Morgan fingerprint density at radius 1 is 1.17 bits per heavy atom. The fourth-order valence-electron chi connectivity index (χ4n) is 1.74. The summed E-state index contributed by atoms with van der Waals surface area (Å²) in [6, 6.07) is 10.7. The monoisotopic (exact) mass is 344 g/mol. The summed E-state index contributed by atoms with van der Waals surface area (Å²) in [7, 11) is 0. The standard InChI is InChI=1S/C15H12ClF3N2O2/c16-9-1-4-11(5-2-9)23-13-6-3-10(7-12(13)20)21-14(22)8-15(17,18)19/h1-7H,8,20H2,(H,21,22). The Kier molecular flexibility index (Phi) is 5.00. The van der Waals surface area contributed by atoms with Crippen molar-refractivity contribution in [3.63, 3.8) is 0 Å². The number of rotatable bonds is 4. The molecule has 0 radical (unpaired) electrons. The largest absolute Gasteiger partial charge is 0.455 e. The van der Waals surface area contributed by atoms with E-state index in [-0.39, 0.29) is 11.4 Å². The minimum atomic E-state index is -4.56. The van der Waals surface area contributed by atoms with Crippen molar-refractivity contribution < 1.29 is 22.7 Å². The number of nitrogens with two attached hydrogens (primary N) is 1. The molecule has 2 aromatic rings. The Balaban J connectivity index is 2.05. The minimum absolute atomic E-state index is 0.153. The summed E-state index contributed by atoms with van der Waals surface area (Å²) >= 11 is 5.76. The quantitative estimate of drug-likeness (QED) is 0.796. The van der Waals surface area contributed by atoms with E-state index in [4.69, 9.17) is 22.1 Å². The zero-order chi connectivity index (χ0) is 17.0. The van der Waals surface area contributed by atoms with Crippen LogP contribution in [0.2, 0.25) is 5.02 Å². The van der Waals surface area contributed by atoms with Crippen LogP contribution in [0.25, 0.3) is 0 Å². The summed E-state index contributed by atoms with van der Waals surface area (Å²) in [5, 5.41) is 2.68. The number of alkyl halides is 3. The van der Waals surface area contributed by atoms with Crippen LogP contribution in [0, 0.1) is 0 Å². The van der Waals surface area contributed by atoms with Gasteiger partial charge in [0.25, 0.3) is 0 Å². The lowest BCUT2D eigenvalue weighted by Gasteiger charge is -2.11. The highest BCUT2D eigenvalue weighted by Gasteiger charge is 2.31.